The third-order valence-corrected chi connectivity index (χ3v) is 6.58. The molecule has 2 N–H and O–H groups in total. The molecule has 0 unspecified atom stereocenters. The van der Waals surface area contributed by atoms with Crippen molar-refractivity contribution >= 4 is 21.5 Å². The highest BCUT2D eigenvalue weighted by atomic mass is 32.2. The number of hydrogen-bond donors (Lipinski definition) is 2. The van der Waals surface area contributed by atoms with Crippen LogP contribution in [0.5, 0.6) is 5.75 Å². The molecule has 0 aromatic heterocycles. The second kappa shape index (κ2) is 7.41. The Hall–Kier alpha value is -2.64. The number of carbonyl (C=O) groups excluding carboxylic acids is 1. The lowest BCUT2D eigenvalue weighted by molar-refractivity contribution is 0.0772. The summed E-state index contributed by atoms with van der Waals surface area (Å²) in [6, 6.07) is 13.2. The smallest absolute Gasteiger partial charge is 0.254 e. The number of nitrogens with zero attached hydrogens (tertiary/aromatic N) is 1. The molecule has 0 bridgehead atoms. The van der Waals surface area contributed by atoms with E-state index in [2.05, 4.69) is 4.72 Å². The number of phenols is 1. The number of sulfonamides is 1. The average Bonchev–Trinajstić information content (AvgIpc) is 3.52. The Balaban J connectivity index is 1.43. The quantitative estimate of drug-likeness (QED) is 0.811. The highest BCUT2D eigenvalue weighted by Gasteiger charge is 2.28. The van der Waals surface area contributed by atoms with Gasteiger partial charge in [-0.05, 0) is 66.8 Å². The normalized spacial score (nSPS) is 17.3. The molecule has 1 aliphatic heterocycles. The molecule has 1 amide bonds. The molecule has 0 atom stereocenters. The van der Waals surface area contributed by atoms with Gasteiger partial charge in [0, 0.05) is 24.7 Å². The summed E-state index contributed by atoms with van der Waals surface area (Å²) in [6.45, 7) is 1.09. The van der Waals surface area contributed by atoms with Crippen LogP contribution < -0.4 is 4.72 Å². The highest BCUT2D eigenvalue weighted by Crippen LogP contribution is 2.25. The summed E-state index contributed by atoms with van der Waals surface area (Å²) >= 11 is 0. The first kappa shape index (κ1) is 18.7. The molecule has 2 aliphatic rings. The summed E-state index contributed by atoms with van der Waals surface area (Å²) < 4.78 is 27.1. The molecule has 2 aromatic carbocycles. The molecule has 0 radical (unpaired) electrons. The Morgan fingerprint density at radius 3 is 2.29 bits per heavy atom. The van der Waals surface area contributed by atoms with E-state index in [1.807, 2.05) is 18.2 Å². The number of nitrogens with one attached hydrogen (secondary N) is 1. The second-order valence-electron chi connectivity index (χ2n) is 7.20. The van der Waals surface area contributed by atoms with Crippen molar-refractivity contribution in [3.05, 3.63) is 65.7 Å². The number of amides is 1. The standard InChI is InChI=1S/C21H22N2O4S/c24-19-7-1-15(2-8-19)16-11-13-23(14-12-16)21(25)17-3-9-20(10-4-17)28(26,27)22-18-5-6-18/h1-4,7-11,18,22,24H,5-6,12-14H2. The number of phenolic OH excluding ortho intramolecular Hbond substituents is 1. The van der Waals surface area contributed by atoms with E-state index in [1.54, 1.807) is 29.2 Å². The van der Waals surface area contributed by atoms with E-state index >= 15 is 0 Å². The Kier molecular flexibility index (Phi) is 4.95. The minimum atomic E-state index is -3.51. The first-order valence-corrected chi connectivity index (χ1v) is 10.8. The fraction of sp³-hybridized carbons (Fsp3) is 0.286. The predicted molar refractivity (Wildman–Crippen MR) is 106 cm³/mol. The fourth-order valence-corrected chi connectivity index (χ4v) is 4.54. The van der Waals surface area contributed by atoms with Crippen LogP contribution >= 0.6 is 0 Å². The number of hydrogen-bond acceptors (Lipinski definition) is 4. The molecule has 6 nitrogen and oxygen atoms in total. The number of benzene rings is 2. The number of aromatic hydroxyl groups is 1. The maximum absolute atomic E-state index is 12.7. The Morgan fingerprint density at radius 1 is 1.04 bits per heavy atom. The van der Waals surface area contributed by atoms with Crippen molar-refractivity contribution in [1.29, 1.82) is 0 Å². The largest absolute Gasteiger partial charge is 0.508 e. The molecule has 28 heavy (non-hydrogen) atoms. The van der Waals surface area contributed by atoms with Gasteiger partial charge >= 0.3 is 0 Å². The van der Waals surface area contributed by atoms with Gasteiger partial charge in [-0.25, -0.2) is 13.1 Å². The Bertz CT molecular complexity index is 1010. The van der Waals surface area contributed by atoms with Crippen molar-refractivity contribution in [2.24, 2.45) is 0 Å². The average molecular weight is 398 g/mol. The van der Waals surface area contributed by atoms with Gasteiger partial charge in [-0.3, -0.25) is 4.79 Å². The Labute approximate surface area is 164 Å². The van der Waals surface area contributed by atoms with Gasteiger partial charge in [-0.1, -0.05) is 18.2 Å². The minimum absolute atomic E-state index is 0.0502. The van der Waals surface area contributed by atoms with E-state index in [4.69, 9.17) is 0 Å². The van der Waals surface area contributed by atoms with Gasteiger partial charge in [0.1, 0.15) is 5.75 Å². The van der Waals surface area contributed by atoms with Crippen molar-refractivity contribution in [1.82, 2.24) is 9.62 Å². The van der Waals surface area contributed by atoms with E-state index in [9.17, 15) is 18.3 Å². The van der Waals surface area contributed by atoms with Crippen LogP contribution in [0.2, 0.25) is 0 Å². The molecule has 1 aliphatic carbocycles. The van der Waals surface area contributed by atoms with E-state index in [1.165, 1.54) is 12.1 Å². The van der Waals surface area contributed by atoms with E-state index < -0.39 is 10.0 Å². The Morgan fingerprint density at radius 2 is 1.71 bits per heavy atom. The molecule has 4 rings (SSSR count). The van der Waals surface area contributed by atoms with Crippen LogP contribution in [-0.4, -0.2) is 43.5 Å². The van der Waals surface area contributed by atoms with Crippen LogP contribution in [-0.2, 0) is 10.0 Å². The maximum Gasteiger partial charge on any atom is 0.254 e. The van der Waals surface area contributed by atoms with Gasteiger partial charge in [0.05, 0.1) is 4.90 Å². The SMILES string of the molecule is O=C(c1ccc(S(=O)(=O)NC2CC2)cc1)N1CC=C(c2ccc(O)cc2)CC1. The summed E-state index contributed by atoms with van der Waals surface area (Å²) in [6.07, 6.45) is 4.51. The first-order chi connectivity index (χ1) is 13.4. The van der Waals surface area contributed by atoms with Gasteiger partial charge in [-0.2, -0.15) is 0 Å². The lowest BCUT2D eigenvalue weighted by atomic mass is 9.99. The summed E-state index contributed by atoms with van der Waals surface area (Å²) in [4.78, 5) is 14.7. The van der Waals surface area contributed by atoms with Gasteiger partial charge < -0.3 is 10.0 Å². The zero-order valence-electron chi connectivity index (χ0n) is 15.3. The van der Waals surface area contributed by atoms with Crippen LogP contribution in [0.3, 0.4) is 0 Å². The third kappa shape index (κ3) is 4.10. The maximum atomic E-state index is 12.7. The van der Waals surface area contributed by atoms with Crippen LogP contribution in [0, 0.1) is 0 Å². The zero-order chi connectivity index (χ0) is 19.7. The molecular weight excluding hydrogens is 376 g/mol. The van der Waals surface area contributed by atoms with Crippen molar-refractivity contribution in [3.63, 3.8) is 0 Å². The highest BCUT2D eigenvalue weighted by molar-refractivity contribution is 7.89. The zero-order valence-corrected chi connectivity index (χ0v) is 16.2. The molecule has 146 valence electrons. The van der Waals surface area contributed by atoms with Crippen molar-refractivity contribution in [2.75, 3.05) is 13.1 Å². The molecule has 0 saturated heterocycles. The fourth-order valence-electron chi connectivity index (χ4n) is 3.24. The molecule has 2 aromatic rings. The molecule has 0 spiro atoms. The van der Waals surface area contributed by atoms with Crippen LogP contribution in [0.4, 0.5) is 0 Å². The summed E-state index contributed by atoms with van der Waals surface area (Å²) in [5.74, 6) is 0.120. The van der Waals surface area contributed by atoms with Crippen molar-refractivity contribution in [3.8, 4) is 5.75 Å². The van der Waals surface area contributed by atoms with Gasteiger partial charge in [0.25, 0.3) is 5.91 Å². The molecule has 7 heteroatoms. The first-order valence-electron chi connectivity index (χ1n) is 9.32. The van der Waals surface area contributed by atoms with Crippen LogP contribution in [0.25, 0.3) is 5.57 Å². The number of carbonyl (C=O) groups is 1. The lowest BCUT2D eigenvalue weighted by Gasteiger charge is -2.27. The minimum Gasteiger partial charge on any atom is -0.508 e. The van der Waals surface area contributed by atoms with Crippen LogP contribution in [0.1, 0.15) is 35.2 Å². The molecule has 1 heterocycles. The monoisotopic (exact) mass is 398 g/mol. The third-order valence-electron chi connectivity index (χ3n) is 5.05. The van der Waals surface area contributed by atoms with E-state index in [0.29, 0.717) is 18.7 Å². The molecule has 1 fully saturated rings. The van der Waals surface area contributed by atoms with Gasteiger partial charge in [0.2, 0.25) is 10.0 Å². The van der Waals surface area contributed by atoms with Gasteiger partial charge in [0.15, 0.2) is 0 Å². The summed E-state index contributed by atoms with van der Waals surface area (Å²) in [5, 5.41) is 9.40. The lowest BCUT2D eigenvalue weighted by Crippen LogP contribution is -2.34. The van der Waals surface area contributed by atoms with Crippen LogP contribution in [0.15, 0.2) is 59.5 Å². The summed E-state index contributed by atoms with van der Waals surface area (Å²) in [5.41, 5.74) is 2.67. The summed E-state index contributed by atoms with van der Waals surface area (Å²) in [7, 11) is -3.51. The molecule has 1 saturated carbocycles. The van der Waals surface area contributed by atoms with E-state index in [0.717, 1.165) is 30.4 Å². The van der Waals surface area contributed by atoms with Crippen molar-refractivity contribution in [2.45, 2.75) is 30.2 Å². The van der Waals surface area contributed by atoms with E-state index in [-0.39, 0.29) is 22.6 Å². The number of rotatable bonds is 5. The predicted octanol–water partition coefficient (Wildman–Crippen LogP) is 2.76. The second-order valence-corrected chi connectivity index (χ2v) is 8.91. The molecular formula is C21H22N2O4S. The topological polar surface area (TPSA) is 86.7 Å². The van der Waals surface area contributed by atoms with Gasteiger partial charge in [-0.15, -0.1) is 0 Å². The van der Waals surface area contributed by atoms with Crippen molar-refractivity contribution < 1.29 is 18.3 Å².